The first-order valence-electron chi connectivity index (χ1n) is 8.52. The van der Waals surface area contributed by atoms with Gasteiger partial charge in [-0.2, -0.15) is 4.31 Å². The van der Waals surface area contributed by atoms with E-state index in [1.165, 1.54) is 4.31 Å². The summed E-state index contributed by atoms with van der Waals surface area (Å²) in [5, 5.41) is 9.56. The van der Waals surface area contributed by atoms with Crippen LogP contribution in [0.4, 0.5) is 0 Å². The van der Waals surface area contributed by atoms with Crippen molar-refractivity contribution in [2.24, 2.45) is 0 Å². The second-order valence-corrected chi connectivity index (χ2v) is 8.30. The van der Waals surface area contributed by atoms with Gasteiger partial charge >= 0.3 is 0 Å². The zero-order valence-corrected chi connectivity index (χ0v) is 16.5. The Hall–Kier alpha value is -2.13. The van der Waals surface area contributed by atoms with Crippen LogP contribution in [0.3, 0.4) is 0 Å². The van der Waals surface area contributed by atoms with Gasteiger partial charge in [0.15, 0.2) is 0 Å². The Morgan fingerprint density at radius 1 is 1.08 bits per heavy atom. The fourth-order valence-electron chi connectivity index (χ4n) is 3.00. The Balaban J connectivity index is 2.42. The molecule has 1 N–H and O–H groups in total. The molecule has 0 spiro atoms. The number of benzene rings is 2. The second kappa shape index (κ2) is 8.50. The molecule has 0 saturated carbocycles. The lowest BCUT2D eigenvalue weighted by atomic mass is 10.1. The van der Waals surface area contributed by atoms with Crippen LogP contribution >= 0.6 is 0 Å². The molecule has 0 aliphatic rings. The van der Waals surface area contributed by atoms with Crippen LogP contribution in [0.1, 0.15) is 29.2 Å². The summed E-state index contributed by atoms with van der Waals surface area (Å²) in [4.78, 5) is 0.296. The highest BCUT2D eigenvalue weighted by Gasteiger charge is 2.30. The molecule has 4 nitrogen and oxygen atoms in total. The van der Waals surface area contributed by atoms with Crippen LogP contribution in [0.2, 0.25) is 0 Å². The van der Waals surface area contributed by atoms with E-state index in [0.717, 1.165) is 11.1 Å². The minimum absolute atomic E-state index is 0.0196. The molecule has 5 heteroatoms. The van der Waals surface area contributed by atoms with Gasteiger partial charge in [-0.15, -0.1) is 0 Å². The van der Waals surface area contributed by atoms with Gasteiger partial charge in [-0.1, -0.05) is 47.7 Å². The summed E-state index contributed by atoms with van der Waals surface area (Å²) in [7, 11) is -3.77. The highest BCUT2D eigenvalue weighted by atomic mass is 32.2. The molecule has 0 saturated heterocycles. The third kappa shape index (κ3) is 4.53. The zero-order chi connectivity index (χ0) is 19.3. The monoisotopic (exact) mass is 371 g/mol. The van der Waals surface area contributed by atoms with E-state index in [2.05, 4.69) is 11.8 Å². The van der Waals surface area contributed by atoms with Crippen molar-refractivity contribution in [3.63, 3.8) is 0 Å². The lowest BCUT2D eigenvalue weighted by Crippen LogP contribution is -2.41. The molecule has 0 heterocycles. The number of hydrogen-bond acceptors (Lipinski definition) is 3. The maximum atomic E-state index is 13.3. The van der Waals surface area contributed by atoms with Crippen molar-refractivity contribution < 1.29 is 13.5 Å². The highest BCUT2D eigenvalue weighted by molar-refractivity contribution is 7.89. The van der Waals surface area contributed by atoms with E-state index in [4.69, 9.17) is 0 Å². The summed E-state index contributed by atoms with van der Waals surface area (Å²) in [5.41, 5.74) is 3.25. The number of sulfonamides is 1. The van der Waals surface area contributed by atoms with Gasteiger partial charge in [0.05, 0.1) is 18.0 Å². The standard InChI is InChI=1S/C21H25NO3S/c1-16-13-17(2)21(18(3)14-16)26(24,25)22(19(4)15-23)12-8-11-20-9-6-5-7-10-20/h5-7,9-10,13-14,19,23H,12,15H2,1-4H3/t19-/m0/s1. The normalized spacial score (nSPS) is 12.5. The van der Waals surface area contributed by atoms with Gasteiger partial charge in [0.25, 0.3) is 0 Å². The number of aliphatic hydroxyl groups excluding tert-OH is 1. The molecular formula is C21H25NO3S. The van der Waals surface area contributed by atoms with Gasteiger partial charge < -0.3 is 5.11 Å². The predicted molar refractivity (Wildman–Crippen MR) is 104 cm³/mol. The van der Waals surface area contributed by atoms with Crippen LogP contribution in [0.25, 0.3) is 0 Å². The number of aliphatic hydroxyl groups is 1. The second-order valence-electron chi connectivity index (χ2n) is 6.48. The molecule has 0 bridgehead atoms. The molecule has 26 heavy (non-hydrogen) atoms. The van der Waals surface area contributed by atoms with Gasteiger partial charge in [-0.25, -0.2) is 8.42 Å². The van der Waals surface area contributed by atoms with E-state index in [-0.39, 0.29) is 13.2 Å². The van der Waals surface area contributed by atoms with Crippen molar-refractivity contribution >= 4 is 10.0 Å². The van der Waals surface area contributed by atoms with Crippen molar-refractivity contribution in [1.29, 1.82) is 0 Å². The van der Waals surface area contributed by atoms with E-state index >= 15 is 0 Å². The molecule has 2 aromatic carbocycles. The van der Waals surface area contributed by atoms with Crippen LogP contribution in [0.5, 0.6) is 0 Å². The third-order valence-electron chi connectivity index (χ3n) is 4.17. The largest absolute Gasteiger partial charge is 0.395 e. The topological polar surface area (TPSA) is 57.6 Å². The van der Waals surface area contributed by atoms with Crippen molar-refractivity contribution in [2.45, 2.75) is 38.6 Å². The van der Waals surface area contributed by atoms with Crippen molar-refractivity contribution in [3.8, 4) is 11.8 Å². The molecule has 0 aliphatic heterocycles. The molecule has 0 aromatic heterocycles. The molecule has 2 aromatic rings. The van der Waals surface area contributed by atoms with Crippen LogP contribution in [0.15, 0.2) is 47.4 Å². The summed E-state index contributed by atoms with van der Waals surface area (Å²) in [6.07, 6.45) is 0. The van der Waals surface area contributed by atoms with Crippen molar-refractivity contribution in [3.05, 3.63) is 64.7 Å². The Bertz CT molecular complexity index is 902. The Kier molecular flexibility index (Phi) is 6.60. The highest BCUT2D eigenvalue weighted by Crippen LogP contribution is 2.26. The first kappa shape index (κ1) is 20.2. The summed E-state index contributed by atoms with van der Waals surface area (Å²) < 4.78 is 27.8. The SMILES string of the molecule is Cc1cc(C)c(S(=O)(=O)N(CC#Cc2ccccc2)[C@@H](C)CO)c(C)c1. The number of rotatable bonds is 5. The minimum Gasteiger partial charge on any atom is -0.395 e. The molecule has 1 atom stereocenters. The zero-order valence-electron chi connectivity index (χ0n) is 15.7. The smallest absolute Gasteiger partial charge is 0.244 e. The van der Waals surface area contributed by atoms with Crippen LogP contribution < -0.4 is 0 Å². The fourth-order valence-corrected chi connectivity index (χ4v) is 4.94. The minimum atomic E-state index is -3.77. The Labute approximate surface area is 156 Å². The van der Waals surface area contributed by atoms with E-state index in [0.29, 0.717) is 16.0 Å². The number of hydrogen-bond donors (Lipinski definition) is 1. The summed E-state index contributed by atoms with van der Waals surface area (Å²) >= 11 is 0. The maximum absolute atomic E-state index is 13.3. The molecular weight excluding hydrogens is 346 g/mol. The van der Waals surface area contributed by atoms with E-state index in [1.807, 2.05) is 49.4 Å². The van der Waals surface area contributed by atoms with Crippen molar-refractivity contribution in [2.75, 3.05) is 13.2 Å². The average Bonchev–Trinajstić information content (AvgIpc) is 2.57. The molecule has 0 amide bonds. The molecule has 138 valence electrons. The van der Waals surface area contributed by atoms with Gasteiger partial charge in [0.2, 0.25) is 10.0 Å². The quantitative estimate of drug-likeness (QED) is 0.822. The lowest BCUT2D eigenvalue weighted by Gasteiger charge is -2.27. The number of nitrogens with zero attached hydrogens (tertiary/aromatic N) is 1. The Morgan fingerprint density at radius 3 is 2.19 bits per heavy atom. The molecule has 0 fully saturated rings. The van der Waals surface area contributed by atoms with Crippen LogP contribution in [-0.4, -0.2) is 37.0 Å². The van der Waals surface area contributed by atoms with E-state index < -0.39 is 16.1 Å². The van der Waals surface area contributed by atoms with E-state index in [1.54, 1.807) is 20.8 Å². The molecule has 2 rings (SSSR count). The Morgan fingerprint density at radius 2 is 1.65 bits per heavy atom. The maximum Gasteiger partial charge on any atom is 0.244 e. The number of aryl methyl sites for hydroxylation is 3. The fraction of sp³-hybridized carbons (Fsp3) is 0.333. The molecule has 0 radical (unpaired) electrons. The summed E-state index contributed by atoms with van der Waals surface area (Å²) in [5.74, 6) is 5.91. The van der Waals surface area contributed by atoms with Crippen molar-refractivity contribution in [1.82, 2.24) is 4.31 Å². The summed E-state index contributed by atoms with van der Waals surface area (Å²) in [6.45, 7) is 6.97. The van der Waals surface area contributed by atoms with Crippen LogP contribution in [-0.2, 0) is 10.0 Å². The van der Waals surface area contributed by atoms with Gasteiger partial charge in [-0.05, 0) is 51.0 Å². The van der Waals surface area contributed by atoms with E-state index in [9.17, 15) is 13.5 Å². The van der Waals surface area contributed by atoms with Crippen LogP contribution in [0, 0.1) is 32.6 Å². The first-order chi connectivity index (χ1) is 12.3. The third-order valence-corrected chi connectivity index (χ3v) is 6.43. The average molecular weight is 372 g/mol. The molecule has 0 aliphatic carbocycles. The first-order valence-corrected chi connectivity index (χ1v) is 9.96. The summed E-state index contributed by atoms with van der Waals surface area (Å²) in [6, 6.07) is 12.6. The lowest BCUT2D eigenvalue weighted by molar-refractivity contribution is 0.207. The molecule has 0 unspecified atom stereocenters. The van der Waals surface area contributed by atoms with Gasteiger partial charge in [0.1, 0.15) is 0 Å². The van der Waals surface area contributed by atoms with Gasteiger partial charge in [0, 0.05) is 11.6 Å². The predicted octanol–water partition coefficient (Wildman–Crippen LogP) is 3.04. The van der Waals surface area contributed by atoms with Gasteiger partial charge in [-0.3, -0.25) is 0 Å².